The highest BCUT2D eigenvalue weighted by atomic mass is 16.5. The van der Waals surface area contributed by atoms with E-state index in [1.165, 1.54) is 0 Å². The predicted molar refractivity (Wildman–Crippen MR) is 68.3 cm³/mol. The first-order valence-corrected chi connectivity index (χ1v) is 6.06. The molecule has 0 aliphatic carbocycles. The van der Waals surface area contributed by atoms with Crippen LogP contribution in [0.25, 0.3) is 11.4 Å². The summed E-state index contributed by atoms with van der Waals surface area (Å²) in [4.78, 5) is 14.6. The summed E-state index contributed by atoms with van der Waals surface area (Å²) in [5.74, 6) is 0.267. The number of rotatable bonds is 7. The Morgan fingerprint density at radius 3 is 2.84 bits per heavy atom. The molecule has 1 aromatic heterocycles. The van der Waals surface area contributed by atoms with Crippen LogP contribution in [0.4, 0.5) is 0 Å². The van der Waals surface area contributed by atoms with Gasteiger partial charge in [-0.25, -0.2) is 0 Å². The zero-order valence-corrected chi connectivity index (χ0v) is 10.4. The third-order valence-electron chi connectivity index (χ3n) is 2.52. The van der Waals surface area contributed by atoms with Crippen molar-refractivity contribution in [1.29, 1.82) is 0 Å². The highest BCUT2D eigenvalue weighted by Crippen LogP contribution is 2.14. The Morgan fingerprint density at radius 1 is 1.32 bits per heavy atom. The van der Waals surface area contributed by atoms with E-state index < -0.39 is 5.97 Å². The zero-order chi connectivity index (χ0) is 13.5. The van der Waals surface area contributed by atoms with Crippen LogP contribution >= 0.6 is 0 Å². The number of aliphatic carboxylic acids is 1. The van der Waals surface area contributed by atoms with E-state index in [1.54, 1.807) is 0 Å². The number of carbonyl (C=O) groups is 1. The first-order chi connectivity index (χ1) is 9.25. The first-order valence-electron chi connectivity index (χ1n) is 6.06. The van der Waals surface area contributed by atoms with Gasteiger partial charge in [0.2, 0.25) is 11.7 Å². The molecule has 2 N–H and O–H groups in total. The van der Waals surface area contributed by atoms with Crippen molar-refractivity contribution in [2.24, 2.45) is 0 Å². The number of carboxylic acid groups (broad SMARTS) is 1. The monoisotopic (exact) mass is 261 g/mol. The van der Waals surface area contributed by atoms with Crippen LogP contribution < -0.4 is 5.32 Å². The van der Waals surface area contributed by atoms with Crippen molar-refractivity contribution in [2.45, 2.75) is 19.4 Å². The van der Waals surface area contributed by atoms with Gasteiger partial charge in [0.15, 0.2) is 0 Å². The Hall–Kier alpha value is -2.21. The van der Waals surface area contributed by atoms with E-state index in [1.807, 2.05) is 30.3 Å². The Bertz CT molecular complexity index is 525. The van der Waals surface area contributed by atoms with Gasteiger partial charge in [-0.2, -0.15) is 4.98 Å². The highest BCUT2D eigenvalue weighted by Gasteiger charge is 2.07. The van der Waals surface area contributed by atoms with Crippen molar-refractivity contribution in [2.75, 3.05) is 6.54 Å². The van der Waals surface area contributed by atoms with Crippen molar-refractivity contribution >= 4 is 5.97 Å². The van der Waals surface area contributed by atoms with Gasteiger partial charge in [-0.05, 0) is 13.0 Å². The maximum Gasteiger partial charge on any atom is 0.303 e. The van der Waals surface area contributed by atoms with Crippen LogP contribution in [-0.2, 0) is 11.3 Å². The Kier molecular flexibility index (Phi) is 4.63. The summed E-state index contributed by atoms with van der Waals surface area (Å²) in [7, 11) is 0. The smallest absolute Gasteiger partial charge is 0.303 e. The summed E-state index contributed by atoms with van der Waals surface area (Å²) >= 11 is 0. The minimum atomic E-state index is -0.786. The van der Waals surface area contributed by atoms with Crippen LogP contribution in [0.3, 0.4) is 0 Å². The molecule has 0 saturated carbocycles. The molecule has 1 aromatic carbocycles. The van der Waals surface area contributed by atoms with Gasteiger partial charge in [-0.3, -0.25) is 4.79 Å². The number of carboxylic acids is 1. The number of hydrogen-bond donors (Lipinski definition) is 2. The maximum atomic E-state index is 10.3. The fraction of sp³-hybridized carbons (Fsp3) is 0.308. The molecule has 0 unspecified atom stereocenters. The van der Waals surface area contributed by atoms with Gasteiger partial charge in [0.05, 0.1) is 6.54 Å². The summed E-state index contributed by atoms with van der Waals surface area (Å²) in [6.07, 6.45) is 0.737. The molecule has 1 heterocycles. The van der Waals surface area contributed by atoms with Gasteiger partial charge in [0.25, 0.3) is 0 Å². The summed E-state index contributed by atoms with van der Waals surface area (Å²) < 4.78 is 5.11. The minimum absolute atomic E-state index is 0.159. The van der Waals surface area contributed by atoms with Crippen LogP contribution in [0, 0.1) is 0 Å². The van der Waals surface area contributed by atoms with Gasteiger partial charge in [0.1, 0.15) is 0 Å². The summed E-state index contributed by atoms with van der Waals surface area (Å²) in [6.45, 7) is 1.05. The first kappa shape index (κ1) is 13.2. The zero-order valence-electron chi connectivity index (χ0n) is 10.4. The molecule has 6 nitrogen and oxygen atoms in total. The van der Waals surface area contributed by atoms with Crippen LogP contribution in [0.15, 0.2) is 34.9 Å². The fourth-order valence-electron chi connectivity index (χ4n) is 1.59. The second-order valence-electron chi connectivity index (χ2n) is 4.05. The number of hydrogen-bond acceptors (Lipinski definition) is 5. The quantitative estimate of drug-likeness (QED) is 0.737. The molecular formula is C13H15N3O3. The maximum absolute atomic E-state index is 10.3. The molecule has 100 valence electrons. The number of nitrogens with one attached hydrogen (secondary N) is 1. The standard InChI is InChI=1S/C13H15N3O3/c17-12(18)7-4-8-14-9-11-15-13(16-19-11)10-5-2-1-3-6-10/h1-3,5-6,14H,4,7-9H2,(H,17,18). The van der Waals surface area contributed by atoms with Gasteiger partial charge < -0.3 is 14.9 Å². The molecule has 19 heavy (non-hydrogen) atoms. The van der Waals surface area contributed by atoms with Gasteiger partial charge in [-0.15, -0.1) is 0 Å². The average molecular weight is 261 g/mol. The highest BCUT2D eigenvalue weighted by molar-refractivity contribution is 5.66. The largest absolute Gasteiger partial charge is 0.481 e. The Balaban J connectivity index is 1.80. The Labute approximate surface area is 110 Å². The van der Waals surface area contributed by atoms with Crippen molar-refractivity contribution in [3.05, 3.63) is 36.2 Å². The molecule has 2 aromatic rings. The molecule has 0 aliphatic heterocycles. The van der Waals surface area contributed by atoms with Gasteiger partial charge in [-0.1, -0.05) is 35.5 Å². The van der Waals surface area contributed by atoms with E-state index in [9.17, 15) is 4.79 Å². The van der Waals surface area contributed by atoms with Crippen LogP contribution in [0.2, 0.25) is 0 Å². The second kappa shape index (κ2) is 6.65. The molecule has 0 amide bonds. The second-order valence-corrected chi connectivity index (χ2v) is 4.05. The molecule has 6 heteroatoms. The molecule has 0 atom stereocenters. The molecular weight excluding hydrogens is 246 g/mol. The van der Waals surface area contributed by atoms with E-state index in [-0.39, 0.29) is 6.42 Å². The lowest BCUT2D eigenvalue weighted by Gasteiger charge is -1.98. The predicted octanol–water partition coefficient (Wildman–Crippen LogP) is 1.69. The SMILES string of the molecule is O=C(O)CCCNCc1nc(-c2ccccc2)no1. The fourth-order valence-corrected chi connectivity index (χ4v) is 1.59. The molecule has 0 bridgehead atoms. The van der Waals surface area contributed by atoms with Gasteiger partial charge >= 0.3 is 5.97 Å². The normalized spacial score (nSPS) is 10.5. The van der Waals surface area contributed by atoms with Crippen molar-refractivity contribution < 1.29 is 14.4 Å². The topological polar surface area (TPSA) is 88.2 Å². The Morgan fingerprint density at radius 2 is 2.11 bits per heavy atom. The lowest BCUT2D eigenvalue weighted by molar-refractivity contribution is -0.137. The summed E-state index contributed by atoms with van der Waals surface area (Å²) in [5.41, 5.74) is 0.906. The van der Waals surface area contributed by atoms with Crippen LogP contribution in [-0.4, -0.2) is 27.8 Å². The minimum Gasteiger partial charge on any atom is -0.481 e. The van der Waals surface area contributed by atoms with E-state index in [0.29, 0.717) is 31.2 Å². The molecule has 0 fully saturated rings. The molecule has 0 spiro atoms. The van der Waals surface area contributed by atoms with Crippen LogP contribution in [0.1, 0.15) is 18.7 Å². The van der Waals surface area contributed by atoms with Crippen LogP contribution in [0.5, 0.6) is 0 Å². The van der Waals surface area contributed by atoms with E-state index in [2.05, 4.69) is 15.5 Å². The third-order valence-corrected chi connectivity index (χ3v) is 2.52. The average Bonchev–Trinajstić information content (AvgIpc) is 2.88. The lowest BCUT2D eigenvalue weighted by Crippen LogP contribution is -2.15. The van der Waals surface area contributed by atoms with Crippen molar-refractivity contribution in [1.82, 2.24) is 15.5 Å². The molecule has 0 radical (unpaired) electrons. The lowest BCUT2D eigenvalue weighted by atomic mass is 10.2. The number of nitrogens with zero attached hydrogens (tertiary/aromatic N) is 2. The molecule has 0 aliphatic rings. The summed E-state index contributed by atoms with van der Waals surface area (Å²) in [6, 6.07) is 9.57. The van der Waals surface area contributed by atoms with E-state index in [0.717, 1.165) is 5.56 Å². The van der Waals surface area contributed by atoms with Crippen molar-refractivity contribution in [3.63, 3.8) is 0 Å². The summed E-state index contributed by atoms with van der Waals surface area (Å²) in [5, 5.41) is 15.4. The third kappa shape index (κ3) is 4.18. The molecule has 2 rings (SSSR count). The number of benzene rings is 1. The van der Waals surface area contributed by atoms with Crippen molar-refractivity contribution in [3.8, 4) is 11.4 Å². The van der Waals surface area contributed by atoms with Gasteiger partial charge in [0, 0.05) is 12.0 Å². The number of aromatic nitrogens is 2. The van der Waals surface area contributed by atoms with E-state index in [4.69, 9.17) is 9.63 Å². The van der Waals surface area contributed by atoms with E-state index >= 15 is 0 Å². The molecule has 0 saturated heterocycles.